The fraction of sp³-hybridized carbons (Fsp3) is 0.0857. The Hall–Kier alpha value is -4.76. The van der Waals surface area contributed by atoms with Crippen LogP contribution in [0.3, 0.4) is 0 Å². The smallest absolute Gasteiger partial charge is 0.0634 e. The number of aromatic nitrogens is 2. The number of hydrogen-bond donors (Lipinski definition) is 2. The van der Waals surface area contributed by atoms with Crippen molar-refractivity contribution in [1.29, 1.82) is 0 Å². The van der Waals surface area contributed by atoms with Gasteiger partial charge in [0.1, 0.15) is 0 Å². The van der Waals surface area contributed by atoms with Crippen molar-refractivity contribution in [1.82, 2.24) is 9.55 Å². The van der Waals surface area contributed by atoms with Crippen molar-refractivity contribution < 1.29 is 0 Å². The minimum Gasteiger partial charge on any atom is -0.361 e. The third-order valence-electron chi connectivity index (χ3n) is 8.34. The van der Waals surface area contributed by atoms with E-state index < -0.39 is 0 Å². The number of benzene rings is 5. The number of fused-ring (bicyclic) bond motifs is 8. The quantitative estimate of drug-likeness (QED) is 0.255. The van der Waals surface area contributed by atoms with Crippen molar-refractivity contribution in [2.24, 2.45) is 0 Å². The highest BCUT2D eigenvalue weighted by Crippen LogP contribution is 2.49. The van der Waals surface area contributed by atoms with Gasteiger partial charge in [0, 0.05) is 50.3 Å². The highest BCUT2D eigenvalue weighted by atomic mass is 15.0. The van der Waals surface area contributed by atoms with E-state index in [1.54, 1.807) is 0 Å². The second-order valence-corrected chi connectivity index (χ2v) is 10.9. The number of anilines is 2. The van der Waals surface area contributed by atoms with Gasteiger partial charge in [-0.15, -0.1) is 0 Å². The third kappa shape index (κ3) is 2.90. The molecule has 0 bridgehead atoms. The number of H-pyrrole nitrogens is 1. The molecule has 5 aromatic carbocycles. The predicted molar refractivity (Wildman–Crippen MR) is 160 cm³/mol. The summed E-state index contributed by atoms with van der Waals surface area (Å²) in [6.45, 7) is 4.64. The highest BCUT2D eigenvalue weighted by Gasteiger charge is 2.35. The lowest BCUT2D eigenvalue weighted by molar-refractivity contribution is 0.660. The molecule has 0 unspecified atom stereocenters. The standard InChI is InChI=1S/C35H27N3/c1-35(2)30-11-7-6-10-25(30)28-20-22(12-15-31(28)35)37-23-13-17-33-29(21-23)26-14-16-32-27(18-19-36-32)34(26)38(33)24-8-4-3-5-9-24/h3-21,36-37H,1-2H3. The van der Waals surface area contributed by atoms with Crippen molar-refractivity contribution in [2.75, 3.05) is 5.32 Å². The molecule has 0 amide bonds. The van der Waals surface area contributed by atoms with Gasteiger partial charge in [0.05, 0.1) is 11.0 Å². The van der Waals surface area contributed by atoms with Gasteiger partial charge < -0.3 is 14.9 Å². The maximum atomic E-state index is 3.71. The van der Waals surface area contributed by atoms with Crippen LogP contribution in [0, 0.1) is 0 Å². The molecular formula is C35H27N3. The van der Waals surface area contributed by atoms with E-state index in [0.29, 0.717) is 0 Å². The zero-order chi connectivity index (χ0) is 25.4. The Morgan fingerprint density at radius 3 is 2.29 bits per heavy atom. The van der Waals surface area contributed by atoms with Crippen LogP contribution in [0.15, 0.2) is 115 Å². The third-order valence-corrected chi connectivity index (χ3v) is 8.34. The highest BCUT2D eigenvalue weighted by molar-refractivity contribution is 6.18. The van der Waals surface area contributed by atoms with Crippen LogP contribution in [0.2, 0.25) is 0 Å². The normalized spacial score (nSPS) is 13.7. The average Bonchev–Trinajstić information content (AvgIpc) is 3.61. The average molecular weight is 490 g/mol. The minimum absolute atomic E-state index is 0.0200. The van der Waals surface area contributed by atoms with E-state index in [-0.39, 0.29) is 5.41 Å². The minimum atomic E-state index is 0.0200. The van der Waals surface area contributed by atoms with Crippen molar-refractivity contribution in [2.45, 2.75) is 19.3 Å². The molecule has 1 aliphatic carbocycles. The molecule has 2 aromatic heterocycles. The molecule has 0 saturated heterocycles. The van der Waals surface area contributed by atoms with E-state index in [1.807, 2.05) is 6.20 Å². The fourth-order valence-corrected chi connectivity index (χ4v) is 6.53. The molecule has 7 aromatic rings. The molecule has 1 aliphatic rings. The van der Waals surface area contributed by atoms with Gasteiger partial charge in [0.25, 0.3) is 0 Å². The molecule has 3 heteroatoms. The molecule has 0 spiro atoms. The summed E-state index contributed by atoms with van der Waals surface area (Å²) in [6.07, 6.45) is 2.03. The Bertz CT molecular complexity index is 2020. The van der Waals surface area contributed by atoms with Gasteiger partial charge in [-0.05, 0) is 76.9 Å². The molecule has 0 saturated carbocycles. The molecule has 8 rings (SSSR count). The van der Waals surface area contributed by atoms with Crippen LogP contribution >= 0.6 is 0 Å². The van der Waals surface area contributed by atoms with Crippen LogP contribution in [0.1, 0.15) is 25.0 Å². The summed E-state index contributed by atoms with van der Waals surface area (Å²) in [6, 6.07) is 39.6. The maximum absolute atomic E-state index is 3.71. The molecule has 2 heterocycles. The first-order valence-corrected chi connectivity index (χ1v) is 13.2. The van der Waals surface area contributed by atoms with Crippen LogP contribution < -0.4 is 5.32 Å². The molecule has 2 N–H and O–H groups in total. The molecular weight excluding hydrogens is 462 g/mol. The number of para-hydroxylation sites is 1. The van der Waals surface area contributed by atoms with E-state index in [0.717, 1.165) is 16.9 Å². The van der Waals surface area contributed by atoms with Gasteiger partial charge in [-0.3, -0.25) is 0 Å². The topological polar surface area (TPSA) is 32.8 Å². The number of nitrogens with zero attached hydrogens (tertiary/aromatic N) is 1. The fourth-order valence-electron chi connectivity index (χ4n) is 6.53. The van der Waals surface area contributed by atoms with Gasteiger partial charge in [-0.1, -0.05) is 68.4 Å². The molecule has 0 fully saturated rings. The predicted octanol–water partition coefficient (Wildman–Crippen LogP) is 9.31. The number of aromatic amines is 1. The summed E-state index contributed by atoms with van der Waals surface area (Å²) < 4.78 is 2.39. The Morgan fingerprint density at radius 2 is 1.39 bits per heavy atom. The second-order valence-electron chi connectivity index (χ2n) is 10.9. The van der Waals surface area contributed by atoms with Crippen LogP contribution in [0.4, 0.5) is 11.4 Å². The van der Waals surface area contributed by atoms with Crippen LogP contribution in [-0.2, 0) is 5.41 Å². The van der Waals surface area contributed by atoms with E-state index in [1.165, 1.54) is 55.1 Å². The second kappa shape index (κ2) is 7.62. The largest absolute Gasteiger partial charge is 0.361 e. The van der Waals surface area contributed by atoms with Gasteiger partial charge in [-0.2, -0.15) is 0 Å². The van der Waals surface area contributed by atoms with Crippen molar-refractivity contribution in [3.8, 4) is 16.8 Å². The lowest BCUT2D eigenvalue weighted by Crippen LogP contribution is -2.14. The van der Waals surface area contributed by atoms with Gasteiger partial charge >= 0.3 is 0 Å². The van der Waals surface area contributed by atoms with Gasteiger partial charge in [0.2, 0.25) is 0 Å². The molecule has 0 aliphatic heterocycles. The van der Waals surface area contributed by atoms with Crippen molar-refractivity contribution in [3.63, 3.8) is 0 Å². The van der Waals surface area contributed by atoms with Gasteiger partial charge in [-0.25, -0.2) is 0 Å². The summed E-state index contributed by atoms with van der Waals surface area (Å²) in [5, 5.41) is 7.44. The monoisotopic (exact) mass is 489 g/mol. The summed E-state index contributed by atoms with van der Waals surface area (Å²) >= 11 is 0. The first-order valence-electron chi connectivity index (χ1n) is 13.2. The van der Waals surface area contributed by atoms with Crippen LogP contribution in [0.5, 0.6) is 0 Å². The molecule has 3 nitrogen and oxygen atoms in total. The zero-order valence-electron chi connectivity index (χ0n) is 21.4. The zero-order valence-corrected chi connectivity index (χ0v) is 21.4. The lowest BCUT2D eigenvalue weighted by Gasteiger charge is -2.21. The lowest BCUT2D eigenvalue weighted by atomic mass is 9.82. The Balaban J connectivity index is 1.29. The van der Waals surface area contributed by atoms with E-state index in [4.69, 9.17) is 0 Å². The Morgan fingerprint density at radius 1 is 0.632 bits per heavy atom. The van der Waals surface area contributed by atoms with Gasteiger partial charge in [0.15, 0.2) is 0 Å². The first kappa shape index (κ1) is 21.3. The van der Waals surface area contributed by atoms with Crippen LogP contribution in [-0.4, -0.2) is 9.55 Å². The summed E-state index contributed by atoms with van der Waals surface area (Å²) in [7, 11) is 0. The molecule has 0 radical (unpaired) electrons. The summed E-state index contributed by atoms with van der Waals surface area (Å²) in [4.78, 5) is 3.39. The van der Waals surface area contributed by atoms with E-state index in [2.05, 4.69) is 138 Å². The number of rotatable bonds is 3. The Labute approximate surface area is 221 Å². The van der Waals surface area contributed by atoms with Crippen molar-refractivity contribution >= 4 is 44.1 Å². The SMILES string of the molecule is CC1(C)c2ccccc2-c2cc(Nc3ccc4c(c3)c3ccc5[nH]ccc5c3n4-c3ccccc3)ccc21. The maximum Gasteiger partial charge on any atom is 0.0634 e. The van der Waals surface area contributed by atoms with Crippen LogP contribution in [0.25, 0.3) is 49.5 Å². The molecule has 182 valence electrons. The first-order chi connectivity index (χ1) is 18.6. The van der Waals surface area contributed by atoms with E-state index >= 15 is 0 Å². The summed E-state index contributed by atoms with van der Waals surface area (Å²) in [5.74, 6) is 0. The molecule has 38 heavy (non-hydrogen) atoms. The molecule has 0 atom stereocenters. The van der Waals surface area contributed by atoms with E-state index in [9.17, 15) is 0 Å². The number of hydrogen-bond acceptors (Lipinski definition) is 1. The number of nitrogens with one attached hydrogen (secondary N) is 2. The Kier molecular flexibility index (Phi) is 4.28. The van der Waals surface area contributed by atoms with Crippen molar-refractivity contribution in [3.05, 3.63) is 127 Å². The summed E-state index contributed by atoms with van der Waals surface area (Å²) in [5.41, 5.74) is 12.4.